The van der Waals surface area contributed by atoms with E-state index in [1.165, 1.54) is 24.3 Å². The molecule has 180 valence electrons. The molecule has 3 rings (SSSR count). The number of aliphatic hydroxyl groups is 7. The first kappa shape index (κ1) is 24.8. The number of phenols is 1. The van der Waals surface area contributed by atoms with Crippen LogP contribution in [-0.2, 0) is 14.2 Å². The molecule has 0 aromatic heterocycles. The van der Waals surface area contributed by atoms with Gasteiger partial charge < -0.3 is 55.1 Å². The Morgan fingerprint density at radius 3 is 2.19 bits per heavy atom. The van der Waals surface area contributed by atoms with Crippen LogP contribution in [0, 0.1) is 5.92 Å². The lowest BCUT2D eigenvalue weighted by molar-refractivity contribution is -0.319. The van der Waals surface area contributed by atoms with Gasteiger partial charge in [0.2, 0.25) is 5.79 Å². The van der Waals surface area contributed by atoms with E-state index in [1.807, 2.05) is 0 Å². The van der Waals surface area contributed by atoms with Crippen LogP contribution < -0.4 is 0 Å². The molecule has 12 heteroatoms. The van der Waals surface area contributed by atoms with Gasteiger partial charge in [-0.25, -0.2) is 4.79 Å². The summed E-state index contributed by atoms with van der Waals surface area (Å²) in [5.41, 5.74) is 0.0567. The van der Waals surface area contributed by atoms with Gasteiger partial charge in [0.15, 0.2) is 0 Å². The van der Waals surface area contributed by atoms with E-state index < -0.39 is 80.2 Å². The molecule has 0 radical (unpaired) electrons. The van der Waals surface area contributed by atoms with E-state index in [1.54, 1.807) is 0 Å². The van der Waals surface area contributed by atoms with Crippen molar-refractivity contribution in [3.8, 4) is 5.75 Å². The minimum Gasteiger partial charge on any atom is -0.508 e. The zero-order valence-corrected chi connectivity index (χ0v) is 17.0. The average molecular weight is 460 g/mol. The number of hydrogen-bond acceptors (Lipinski definition) is 12. The van der Waals surface area contributed by atoms with Gasteiger partial charge in [0.05, 0.1) is 24.4 Å². The van der Waals surface area contributed by atoms with Crippen molar-refractivity contribution in [3.05, 3.63) is 29.8 Å². The van der Waals surface area contributed by atoms with Crippen molar-refractivity contribution in [2.45, 2.75) is 54.9 Å². The van der Waals surface area contributed by atoms with Crippen LogP contribution in [0.2, 0.25) is 0 Å². The highest BCUT2D eigenvalue weighted by atomic mass is 16.8. The molecule has 1 aliphatic heterocycles. The lowest BCUT2D eigenvalue weighted by atomic mass is 9.81. The molecule has 8 N–H and O–H groups in total. The fourth-order valence-electron chi connectivity index (χ4n) is 3.94. The minimum absolute atomic E-state index is 0.0567. The number of carbonyl (C=O) groups excluding carboxylic acids is 1. The summed E-state index contributed by atoms with van der Waals surface area (Å²) in [4.78, 5) is 12.4. The fraction of sp³-hybridized carbons (Fsp3) is 0.650. The summed E-state index contributed by atoms with van der Waals surface area (Å²) in [6.45, 7) is -2.00. The van der Waals surface area contributed by atoms with Gasteiger partial charge in [-0.2, -0.15) is 0 Å². The van der Waals surface area contributed by atoms with Crippen LogP contribution in [0.15, 0.2) is 24.3 Å². The van der Waals surface area contributed by atoms with Crippen LogP contribution in [0.4, 0.5) is 0 Å². The maximum Gasteiger partial charge on any atom is 0.338 e. The van der Waals surface area contributed by atoms with Gasteiger partial charge in [-0.3, -0.25) is 0 Å². The summed E-state index contributed by atoms with van der Waals surface area (Å²) in [5.74, 6) is -4.05. The van der Waals surface area contributed by atoms with Crippen LogP contribution in [0.1, 0.15) is 16.8 Å². The molecule has 9 atom stereocenters. The van der Waals surface area contributed by atoms with Crippen molar-refractivity contribution < 1.29 is 59.9 Å². The molecule has 1 aromatic rings. The van der Waals surface area contributed by atoms with Crippen LogP contribution in [0.5, 0.6) is 5.75 Å². The SMILES string of the molecule is O=C(OC[C@@]1(O[C@H]2C[C@H](CO)[C@@H](O)[C@H](O)[C@H]2O)O[C@H](CO)[C@@H](O)[C@@H]1O)c1ccc(O)cc1. The third-order valence-corrected chi connectivity index (χ3v) is 5.88. The van der Waals surface area contributed by atoms with E-state index in [0.717, 1.165) is 0 Å². The molecule has 1 aliphatic carbocycles. The number of esters is 1. The summed E-state index contributed by atoms with van der Waals surface area (Å²) in [6, 6.07) is 5.10. The van der Waals surface area contributed by atoms with Gasteiger partial charge in [-0.15, -0.1) is 0 Å². The van der Waals surface area contributed by atoms with Gasteiger partial charge in [0.25, 0.3) is 0 Å². The fourth-order valence-corrected chi connectivity index (χ4v) is 3.94. The first-order valence-electron chi connectivity index (χ1n) is 10.1. The highest BCUT2D eigenvalue weighted by Crippen LogP contribution is 2.38. The number of benzene rings is 1. The lowest BCUT2D eigenvalue weighted by Gasteiger charge is -2.43. The predicted molar refractivity (Wildman–Crippen MR) is 103 cm³/mol. The Labute approximate surface area is 182 Å². The van der Waals surface area contributed by atoms with Crippen molar-refractivity contribution in [2.75, 3.05) is 19.8 Å². The molecule has 2 aliphatic rings. The quantitative estimate of drug-likeness (QED) is 0.190. The number of phenolic OH excluding ortho intramolecular Hbond substituents is 1. The van der Waals surface area contributed by atoms with E-state index in [9.17, 15) is 45.6 Å². The number of hydrogen-bond donors (Lipinski definition) is 8. The molecule has 0 amide bonds. The van der Waals surface area contributed by atoms with Crippen LogP contribution in [0.3, 0.4) is 0 Å². The molecule has 2 fully saturated rings. The van der Waals surface area contributed by atoms with E-state index in [-0.39, 0.29) is 17.7 Å². The molecule has 0 unspecified atom stereocenters. The molecule has 1 saturated heterocycles. The third kappa shape index (κ3) is 4.73. The molecule has 0 bridgehead atoms. The molecule has 12 nitrogen and oxygen atoms in total. The molecule has 1 saturated carbocycles. The van der Waals surface area contributed by atoms with E-state index in [2.05, 4.69) is 0 Å². The van der Waals surface area contributed by atoms with E-state index in [4.69, 9.17) is 14.2 Å². The topological polar surface area (TPSA) is 207 Å². The Kier molecular flexibility index (Phi) is 7.70. The van der Waals surface area contributed by atoms with Crippen molar-refractivity contribution in [3.63, 3.8) is 0 Å². The van der Waals surface area contributed by atoms with Crippen molar-refractivity contribution in [1.29, 1.82) is 0 Å². The smallest absolute Gasteiger partial charge is 0.338 e. The second-order valence-corrected chi connectivity index (χ2v) is 8.02. The molecule has 1 aromatic carbocycles. The highest BCUT2D eigenvalue weighted by Gasteiger charge is 2.59. The lowest BCUT2D eigenvalue weighted by Crippen LogP contribution is -2.60. The minimum atomic E-state index is -2.23. The van der Waals surface area contributed by atoms with Crippen LogP contribution >= 0.6 is 0 Å². The Morgan fingerprint density at radius 1 is 0.969 bits per heavy atom. The third-order valence-electron chi connectivity index (χ3n) is 5.88. The van der Waals surface area contributed by atoms with Crippen LogP contribution in [0.25, 0.3) is 0 Å². The molecular formula is C20H28O12. The van der Waals surface area contributed by atoms with Gasteiger partial charge in [-0.05, 0) is 30.7 Å². The summed E-state index contributed by atoms with van der Waals surface area (Å²) in [6.07, 6.45) is -11.0. The molecule has 1 heterocycles. The first-order valence-corrected chi connectivity index (χ1v) is 10.1. The Bertz CT molecular complexity index is 770. The summed E-state index contributed by atoms with van der Waals surface area (Å²) in [5, 5.41) is 79.5. The maximum atomic E-state index is 12.4. The Balaban J connectivity index is 1.82. The molecular weight excluding hydrogens is 432 g/mol. The zero-order chi connectivity index (χ0) is 23.6. The zero-order valence-electron chi connectivity index (χ0n) is 17.0. The Hall–Kier alpha value is -1.87. The molecule has 0 spiro atoms. The summed E-state index contributed by atoms with van der Waals surface area (Å²) < 4.78 is 16.4. The predicted octanol–water partition coefficient (Wildman–Crippen LogP) is -3.16. The van der Waals surface area contributed by atoms with Crippen molar-refractivity contribution in [2.24, 2.45) is 5.92 Å². The summed E-state index contributed by atoms with van der Waals surface area (Å²) in [7, 11) is 0. The van der Waals surface area contributed by atoms with E-state index >= 15 is 0 Å². The number of aliphatic hydroxyl groups excluding tert-OH is 7. The number of ether oxygens (including phenoxy) is 3. The number of carbonyl (C=O) groups is 1. The number of aromatic hydroxyl groups is 1. The normalized spacial score (nSPS) is 39.7. The van der Waals surface area contributed by atoms with Gasteiger partial charge in [-0.1, -0.05) is 0 Å². The second-order valence-electron chi connectivity index (χ2n) is 8.02. The van der Waals surface area contributed by atoms with E-state index in [0.29, 0.717) is 0 Å². The average Bonchev–Trinajstić information content (AvgIpc) is 3.03. The van der Waals surface area contributed by atoms with Crippen molar-refractivity contribution >= 4 is 5.97 Å². The van der Waals surface area contributed by atoms with Crippen LogP contribution in [-0.4, -0.2) is 115 Å². The first-order chi connectivity index (χ1) is 15.1. The van der Waals surface area contributed by atoms with Gasteiger partial charge >= 0.3 is 5.97 Å². The van der Waals surface area contributed by atoms with Crippen molar-refractivity contribution in [1.82, 2.24) is 0 Å². The monoisotopic (exact) mass is 460 g/mol. The molecule has 32 heavy (non-hydrogen) atoms. The van der Waals surface area contributed by atoms with Gasteiger partial charge in [0, 0.05) is 12.5 Å². The second kappa shape index (κ2) is 9.95. The largest absolute Gasteiger partial charge is 0.508 e. The summed E-state index contributed by atoms with van der Waals surface area (Å²) >= 11 is 0. The Morgan fingerprint density at radius 2 is 1.62 bits per heavy atom. The van der Waals surface area contributed by atoms with Gasteiger partial charge in [0.1, 0.15) is 42.9 Å². The number of rotatable bonds is 7. The highest BCUT2D eigenvalue weighted by molar-refractivity contribution is 5.89. The maximum absolute atomic E-state index is 12.4. The standard InChI is InChI=1S/C20H28O12/c21-6-10-5-12(15(25)17(27)14(10)24)31-20(18(28)16(26)13(7-22)32-20)8-30-19(29)9-1-3-11(23)4-2-9/h1-4,10,12-18,21-28H,5-8H2/t10-,12+,13-,14-,15+,16-,17+,18+,20-/m1/s1.